The molecule has 100 valence electrons. The summed E-state index contributed by atoms with van der Waals surface area (Å²) in [4.78, 5) is 18.2. The van der Waals surface area contributed by atoms with Gasteiger partial charge in [0.05, 0.1) is 23.8 Å². The van der Waals surface area contributed by atoms with Gasteiger partial charge in [0.1, 0.15) is 5.75 Å². The fraction of sp³-hybridized carbons (Fsp3) is 0.0667. The number of rotatable bonds is 3. The number of methoxy groups -OCH3 is 1. The lowest BCUT2D eigenvalue weighted by molar-refractivity contribution is 0.0696. The molecule has 0 radical (unpaired) electrons. The predicted molar refractivity (Wildman–Crippen MR) is 75.0 cm³/mol. The lowest BCUT2D eigenvalue weighted by atomic mass is 10.1. The topological polar surface area (TPSA) is 75.2 Å². The Bertz CT molecular complexity index is 775. The number of nitrogens with zero attached hydrogens (tertiary/aromatic N) is 1. The van der Waals surface area contributed by atoms with Crippen molar-refractivity contribution in [3.8, 4) is 17.0 Å². The molecule has 2 N–H and O–H groups in total. The minimum absolute atomic E-state index is 0.167. The van der Waals surface area contributed by atoms with Crippen LogP contribution in [0.3, 0.4) is 0 Å². The minimum Gasteiger partial charge on any atom is -0.496 e. The quantitative estimate of drug-likeness (QED) is 0.765. The van der Waals surface area contributed by atoms with Crippen molar-refractivity contribution in [2.24, 2.45) is 0 Å². The van der Waals surface area contributed by atoms with Crippen molar-refractivity contribution in [2.45, 2.75) is 0 Å². The number of carbonyl (C=O) groups is 1. The van der Waals surface area contributed by atoms with Crippen LogP contribution in [-0.2, 0) is 0 Å². The summed E-state index contributed by atoms with van der Waals surface area (Å²) in [5.74, 6) is -0.233. The molecule has 0 aliphatic heterocycles. The number of benzene rings is 1. The summed E-state index contributed by atoms with van der Waals surface area (Å²) >= 11 is 0. The lowest BCUT2D eigenvalue weighted by Gasteiger charge is -2.04. The van der Waals surface area contributed by atoms with Gasteiger partial charge in [0.15, 0.2) is 0 Å². The molecule has 5 nitrogen and oxygen atoms in total. The molecule has 0 spiro atoms. The number of aromatic amines is 1. The van der Waals surface area contributed by atoms with Crippen LogP contribution in [0.2, 0.25) is 0 Å². The van der Waals surface area contributed by atoms with Crippen LogP contribution >= 0.6 is 0 Å². The Labute approximate surface area is 114 Å². The molecule has 0 atom stereocenters. The molecule has 0 aliphatic rings. The first kappa shape index (κ1) is 12.2. The number of fused-ring (bicyclic) bond motifs is 1. The molecule has 3 aromatic rings. The average Bonchev–Trinajstić information content (AvgIpc) is 2.91. The molecule has 2 heterocycles. The maximum Gasteiger partial charge on any atom is 0.337 e. The number of aromatic nitrogens is 2. The van der Waals surface area contributed by atoms with E-state index in [-0.39, 0.29) is 5.56 Å². The molecule has 0 fully saturated rings. The second-order valence-corrected chi connectivity index (χ2v) is 4.32. The highest BCUT2D eigenvalue weighted by Crippen LogP contribution is 2.34. The molecule has 2 aromatic heterocycles. The molecule has 0 amide bonds. The minimum atomic E-state index is -0.986. The Morgan fingerprint density at radius 1 is 1.30 bits per heavy atom. The average molecular weight is 268 g/mol. The second kappa shape index (κ2) is 4.70. The van der Waals surface area contributed by atoms with E-state index in [0.29, 0.717) is 5.69 Å². The fourth-order valence-electron chi connectivity index (χ4n) is 2.20. The van der Waals surface area contributed by atoms with Gasteiger partial charge in [-0.05, 0) is 24.3 Å². The number of hydrogen-bond donors (Lipinski definition) is 2. The molecule has 0 saturated heterocycles. The lowest BCUT2D eigenvalue weighted by Crippen LogP contribution is -1.97. The van der Waals surface area contributed by atoms with Gasteiger partial charge in [0.25, 0.3) is 0 Å². The summed E-state index contributed by atoms with van der Waals surface area (Å²) in [6.45, 7) is 0. The standard InChI is InChI=1S/C15H12N2O3/c1-20-13-4-2-3-12-14(13)10(8-17-12)11-6-5-9(7-16-11)15(18)19/h2-8,17H,1H3,(H,18,19). The Morgan fingerprint density at radius 3 is 2.80 bits per heavy atom. The molecule has 5 heteroatoms. The smallest absolute Gasteiger partial charge is 0.337 e. The highest BCUT2D eigenvalue weighted by molar-refractivity contribution is 5.99. The van der Waals surface area contributed by atoms with Gasteiger partial charge in [-0.15, -0.1) is 0 Å². The highest BCUT2D eigenvalue weighted by atomic mass is 16.5. The predicted octanol–water partition coefficient (Wildman–Crippen LogP) is 2.94. The number of H-pyrrole nitrogens is 1. The zero-order chi connectivity index (χ0) is 14.1. The van der Waals surface area contributed by atoms with Crippen LogP contribution in [0.5, 0.6) is 5.75 Å². The van der Waals surface area contributed by atoms with Crippen molar-refractivity contribution in [1.82, 2.24) is 9.97 Å². The number of ether oxygens (including phenoxy) is 1. The van der Waals surface area contributed by atoms with Crippen molar-refractivity contribution < 1.29 is 14.6 Å². The number of hydrogen-bond acceptors (Lipinski definition) is 3. The maximum absolute atomic E-state index is 10.8. The summed E-state index contributed by atoms with van der Waals surface area (Å²) in [7, 11) is 1.62. The van der Waals surface area contributed by atoms with E-state index in [1.54, 1.807) is 19.2 Å². The Kier molecular flexibility index (Phi) is 2.87. The number of nitrogens with one attached hydrogen (secondary N) is 1. The van der Waals surface area contributed by atoms with E-state index in [9.17, 15) is 4.79 Å². The van der Waals surface area contributed by atoms with E-state index < -0.39 is 5.97 Å². The Balaban J connectivity index is 2.16. The van der Waals surface area contributed by atoms with Crippen molar-refractivity contribution in [3.05, 3.63) is 48.3 Å². The van der Waals surface area contributed by atoms with Gasteiger partial charge in [-0.25, -0.2) is 4.79 Å². The van der Waals surface area contributed by atoms with E-state index in [4.69, 9.17) is 9.84 Å². The zero-order valence-electron chi connectivity index (χ0n) is 10.8. The zero-order valence-corrected chi connectivity index (χ0v) is 10.8. The molecule has 3 rings (SSSR count). The first-order valence-electron chi connectivity index (χ1n) is 6.04. The van der Waals surface area contributed by atoms with Crippen molar-refractivity contribution in [1.29, 1.82) is 0 Å². The van der Waals surface area contributed by atoms with Gasteiger partial charge < -0.3 is 14.8 Å². The number of carboxylic acid groups (broad SMARTS) is 1. The maximum atomic E-state index is 10.8. The van der Waals surface area contributed by atoms with Gasteiger partial charge >= 0.3 is 5.97 Å². The summed E-state index contributed by atoms with van der Waals surface area (Å²) in [6.07, 6.45) is 3.20. The van der Waals surface area contributed by atoms with E-state index in [1.165, 1.54) is 6.20 Å². The number of carboxylic acids is 1. The molecule has 1 aromatic carbocycles. The first-order chi connectivity index (χ1) is 9.70. The van der Waals surface area contributed by atoms with Crippen LogP contribution in [0.15, 0.2) is 42.7 Å². The van der Waals surface area contributed by atoms with Crippen LogP contribution in [-0.4, -0.2) is 28.2 Å². The third-order valence-electron chi connectivity index (χ3n) is 3.17. The van der Waals surface area contributed by atoms with Gasteiger partial charge in [0, 0.05) is 23.5 Å². The SMILES string of the molecule is COc1cccc2[nH]cc(-c3ccc(C(=O)O)cn3)c12. The molecule has 0 unspecified atom stereocenters. The summed E-state index contributed by atoms with van der Waals surface area (Å²) in [6, 6.07) is 8.97. The van der Waals surface area contributed by atoms with E-state index in [2.05, 4.69) is 9.97 Å². The van der Waals surface area contributed by atoms with Gasteiger partial charge in [-0.2, -0.15) is 0 Å². The van der Waals surface area contributed by atoms with Gasteiger partial charge in [-0.1, -0.05) is 6.07 Å². The molecule has 20 heavy (non-hydrogen) atoms. The van der Waals surface area contributed by atoms with Gasteiger partial charge in [0.2, 0.25) is 0 Å². The van der Waals surface area contributed by atoms with E-state index >= 15 is 0 Å². The van der Waals surface area contributed by atoms with Crippen LogP contribution in [0.4, 0.5) is 0 Å². The van der Waals surface area contributed by atoms with Crippen molar-refractivity contribution in [2.75, 3.05) is 7.11 Å². The molecule has 0 saturated carbocycles. The Hall–Kier alpha value is -2.82. The van der Waals surface area contributed by atoms with Crippen molar-refractivity contribution in [3.63, 3.8) is 0 Å². The first-order valence-corrected chi connectivity index (χ1v) is 6.04. The molecule has 0 aliphatic carbocycles. The molecular formula is C15H12N2O3. The number of pyridine rings is 1. The van der Waals surface area contributed by atoms with Crippen LogP contribution in [0.1, 0.15) is 10.4 Å². The highest BCUT2D eigenvalue weighted by Gasteiger charge is 2.12. The van der Waals surface area contributed by atoms with Crippen LogP contribution < -0.4 is 4.74 Å². The van der Waals surface area contributed by atoms with E-state index in [0.717, 1.165) is 22.2 Å². The largest absolute Gasteiger partial charge is 0.496 e. The van der Waals surface area contributed by atoms with Crippen LogP contribution in [0.25, 0.3) is 22.2 Å². The molecule has 0 bridgehead atoms. The fourth-order valence-corrected chi connectivity index (χ4v) is 2.20. The summed E-state index contributed by atoms with van der Waals surface area (Å²) < 4.78 is 5.37. The second-order valence-electron chi connectivity index (χ2n) is 4.32. The van der Waals surface area contributed by atoms with Crippen LogP contribution in [0, 0.1) is 0 Å². The van der Waals surface area contributed by atoms with E-state index in [1.807, 2.05) is 24.4 Å². The molecular weight excluding hydrogens is 256 g/mol. The summed E-state index contributed by atoms with van der Waals surface area (Å²) in [5.41, 5.74) is 2.70. The normalized spacial score (nSPS) is 10.7. The Morgan fingerprint density at radius 2 is 2.15 bits per heavy atom. The third kappa shape index (κ3) is 1.89. The van der Waals surface area contributed by atoms with Gasteiger partial charge in [-0.3, -0.25) is 4.98 Å². The third-order valence-corrected chi connectivity index (χ3v) is 3.17. The number of aromatic carboxylic acids is 1. The van der Waals surface area contributed by atoms with Crippen molar-refractivity contribution >= 4 is 16.9 Å². The monoisotopic (exact) mass is 268 g/mol. The summed E-state index contributed by atoms with van der Waals surface area (Å²) in [5, 5.41) is 9.83.